The number of hydrogen-bond donors (Lipinski definition) is 1. The second-order valence-corrected chi connectivity index (χ2v) is 4.91. The number of rotatable bonds is 4. The van der Waals surface area contributed by atoms with E-state index in [9.17, 15) is 10.1 Å². The molecule has 0 bridgehead atoms. The maximum Gasteiger partial charge on any atom is 0.294 e. The Labute approximate surface area is 112 Å². The van der Waals surface area contributed by atoms with Crippen LogP contribution in [0.5, 0.6) is 0 Å². The van der Waals surface area contributed by atoms with Crippen LogP contribution in [0.4, 0.5) is 17.1 Å². The lowest BCUT2D eigenvalue weighted by atomic mass is 9.98. The van der Waals surface area contributed by atoms with Crippen LogP contribution in [-0.4, -0.2) is 31.7 Å². The summed E-state index contributed by atoms with van der Waals surface area (Å²) in [4.78, 5) is 12.8. The number of nitrogens with two attached hydrogens (primary N) is 1. The number of nitrogens with zero attached hydrogens (tertiary/aromatic N) is 2. The first-order chi connectivity index (χ1) is 9.11. The van der Waals surface area contributed by atoms with Gasteiger partial charge in [-0.1, -0.05) is 0 Å². The average molecular weight is 265 g/mol. The fraction of sp³-hybridized carbons (Fsp3) is 0.538. The average Bonchev–Trinajstić information content (AvgIpc) is 2.39. The van der Waals surface area contributed by atoms with Gasteiger partial charge in [0.05, 0.1) is 11.5 Å². The zero-order valence-electron chi connectivity index (χ0n) is 11.0. The summed E-state index contributed by atoms with van der Waals surface area (Å²) in [5.41, 5.74) is 6.78. The summed E-state index contributed by atoms with van der Waals surface area (Å²) >= 11 is 0. The Bertz CT molecular complexity index is 462. The number of nitro benzene ring substituents is 1. The zero-order chi connectivity index (χ0) is 13.8. The van der Waals surface area contributed by atoms with Crippen molar-refractivity contribution in [3.63, 3.8) is 0 Å². The minimum Gasteiger partial charge on any atom is -0.399 e. The van der Waals surface area contributed by atoms with Gasteiger partial charge in [0.15, 0.2) is 0 Å². The molecule has 2 rings (SSSR count). The molecule has 104 valence electrons. The summed E-state index contributed by atoms with van der Waals surface area (Å²) in [6.07, 6.45) is 2.13. The first kappa shape index (κ1) is 13.6. The summed E-state index contributed by atoms with van der Waals surface area (Å²) in [7, 11) is 1.69. The van der Waals surface area contributed by atoms with Gasteiger partial charge >= 0.3 is 0 Å². The molecule has 1 fully saturated rings. The molecule has 1 saturated heterocycles. The van der Waals surface area contributed by atoms with Crippen molar-refractivity contribution in [3.05, 3.63) is 28.3 Å². The molecule has 0 aliphatic carbocycles. The van der Waals surface area contributed by atoms with Crippen molar-refractivity contribution >= 4 is 17.1 Å². The Hall–Kier alpha value is -1.82. The second kappa shape index (κ2) is 5.88. The van der Waals surface area contributed by atoms with Crippen molar-refractivity contribution in [1.82, 2.24) is 0 Å². The molecule has 1 aromatic rings. The lowest BCUT2D eigenvalue weighted by molar-refractivity contribution is -0.384. The van der Waals surface area contributed by atoms with Gasteiger partial charge in [-0.05, 0) is 30.9 Å². The molecular weight excluding hydrogens is 246 g/mol. The highest BCUT2D eigenvalue weighted by molar-refractivity contribution is 5.68. The number of anilines is 2. The molecule has 1 aliphatic rings. The molecule has 19 heavy (non-hydrogen) atoms. The zero-order valence-corrected chi connectivity index (χ0v) is 11.0. The van der Waals surface area contributed by atoms with Gasteiger partial charge in [-0.3, -0.25) is 10.1 Å². The van der Waals surface area contributed by atoms with Crippen LogP contribution in [-0.2, 0) is 4.74 Å². The molecule has 0 saturated carbocycles. The van der Waals surface area contributed by atoms with Crippen LogP contribution in [0.15, 0.2) is 18.2 Å². The number of ether oxygens (including phenoxy) is 1. The molecular formula is C13H19N3O3. The Balaban J connectivity index is 2.23. The summed E-state index contributed by atoms with van der Waals surface area (Å²) in [6, 6.07) is 4.88. The number of piperidine rings is 1. The van der Waals surface area contributed by atoms with Gasteiger partial charge in [0.2, 0.25) is 0 Å². The largest absolute Gasteiger partial charge is 0.399 e. The highest BCUT2D eigenvalue weighted by Crippen LogP contribution is 2.33. The standard InChI is InChI=1S/C13H19N3O3/c1-19-9-10-3-2-6-15(8-10)12-5-4-11(14)7-13(12)16(17)18/h4-5,7,10H,2-3,6,8-9,14H2,1H3/t10-/m0/s1. The maximum absolute atomic E-state index is 11.1. The van der Waals surface area contributed by atoms with E-state index in [1.807, 2.05) is 0 Å². The number of benzene rings is 1. The van der Waals surface area contributed by atoms with E-state index in [1.54, 1.807) is 19.2 Å². The molecule has 6 nitrogen and oxygen atoms in total. The lowest BCUT2D eigenvalue weighted by Gasteiger charge is -2.33. The van der Waals surface area contributed by atoms with Crippen molar-refractivity contribution in [2.45, 2.75) is 12.8 Å². The van der Waals surface area contributed by atoms with Gasteiger partial charge in [-0.15, -0.1) is 0 Å². The number of hydrogen-bond acceptors (Lipinski definition) is 5. The molecule has 1 heterocycles. The molecule has 2 N–H and O–H groups in total. The van der Waals surface area contributed by atoms with Crippen LogP contribution < -0.4 is 10.6 Å². The monoisotopic (exact) mass is 265 g/mol. The molecule has 0 spiro atoms. The summed E-state index contributed by atoms with van der Waals surface area (Å²) < 4.78 is 5.18. The van der Waals surface area contributed by atoms with Gasteiger partial charge in [0.1, 0.15) is 5.69 Å². The predicted molar refractivity (Wildman–Crippen MR) is 74.3 cm³/mol. The summed E-state index contributed by atoms with van der Waals surface area (Å²) in [5.74, 6) is 0.427. The fourth-order valence-electron chi connectivity index (χ4n) is 2.61. The van der Waals surface area contributed by atoms with Crippen LogP contribution in [0.25, 0.3) is 0 Å². The Morgan fingerprint density at radius 3 is 3.05 bits per heavy atom. The molecule has 0 radical (unpaired) electrons. The SMILES string of the molecule is COC[C@H]1CCCN(c2ccc(N)cc2[N+](=O)[O-])C1. The topological polar surface area (TPSA) is 81.6 Å². The van der Waals surface area contributed by atoms with Crippen LogP contribution in [0, 0.1) is 16.0 Å². The molecule has 0 unspecified atom stereocenters. The molecule has 1 aromatic carbocycles. The van der Waals surface area contributed by atoms with Crippen molar-refractivity contribution < 1.29 is 9.66 Å². The van der Waals surface area contributed by atoms with Crippen molar-refractivity contribution in [3.8, 4) is 0 Å². The van der Waals surface area contributed by atoms with Crippen LogP contribution in [0.2, 0.25) is 0 Å². The van der Waals surface area contributed by atoms with Gasteiger partial charge in [0.25, 0.3) is 5.69 Å². The Kier molecular flexibility index (Phi) is 4.21. The summed E-state index contributed by atoms with van der Waals surface area (Å²) in [5, 5.41) is 11.1. The molecule has 1 aliphatic heterocycles. The first-order valence-electron chi connectivity index (χ1n) is 6.39. The van der Waals surface area contributed by atoms with E-state index in [4.69, 9.17) is 10.5 Å². The fourth-order valence-corrected chi connectivity index (χ4v) is 2.61. The number of nitro groups is 1. The molecule has 0 amide bonds. The van der Waals surface area contributed by atoms with E-state index in [-0.39, 0.29) is 10.6 Å². The van der Waals surface area contributed by atoms with Crippen molar-refractivity contribution in [2.24, 2.45) is 5.92 Å². The smallest absolute Gasteiger partial charge is 0.294 e. The second-order valence-electron chi connectivity index (χ2n) is 4.91. The Morgan fingerprint density at radius 1 is 1.58 bits per heavy atom. The van der Waals surface area contributed by atoms with Crippen LogP contribution >= 0.6 is 0 Å². The van der Waals surface area contributed by atoms with Crippen LogP contribution in [0.3, 0.4) is 0 Å². The Morgan fingerprint density at radius 2 is 2.37 bits per heavy atom. The highest BCUT2D eigenvalue weighted by atomic mass is 16.6. The van der Waals surface area contributed by atoms with Crippen LogP contribution in [0.1, 0.15) is 12.8 Å². The molecule has 6 heteroatoms. The minimum atomic E-state index is -0.369. The van der Waals surface area contributed by atoms with E-state index < -0.39 is 0 Å². The van der Waals surface area contributed by atoms with Crippen molar-refractivity contribution in [2.75, 3.05) is 37.4 Å². The van der Waals surface area contributed by atoms with E-state index in [2.05, 4.69) is 4.90 Å². The van der Waals surface area contributed by atoms with E-state index in [0.717, 1.165) is 25.9 Å². The van der Waals surface area contributed by atoms with E-state index in [1.165, 1.54) is 6.07 Å². The number of methoxy groups -OCH3 is 1. The molecule has 1 atom stereocenters. The summed E-state index contributed by atoms with van der Waals surface area (Å²) in [6.45, 7) is 2.32. The third-order valence-electron chi connectivity index (χ3n) is 3.46. The van der Waals surface area contributed by atoms with Crippen molar-refractivity contribution in [1.29, 1.82) is 0 Å². The normalized spacial score (nSPS) is 19.4. The van der Waals surface area contributed by atoms with Gasteiger partial charge in [-0.25, -0.2) is 0 Å². The van der Waals surface area contributed by atoms with E-state index >= 15 is 0 Å². The number of nitrogen functional groups attached to an aromatic ring is 1. The minimum absolute atomic E-state index is 0.0815. The third-order valence-corrected chi connectivity index (χ3v) is 3.46. The van der Waals surface area contributed by atoms with Gasteiger partial charge < -0.3 is 15.4 Å². The first-order valence-corrected chi connectivity index (χ1v) is 6.39. The quantitative estimate of drug-likeness (QED) is 0.512. The lowest BCUT2D eigenvalue weighted by Crippen LogP contribution is -2.37. The predicted octanol–water partition coefficient (Wildman–Crippen LogP) is 2.04. The highest BCUT2D eigenvalue weighted by Gasteiger charge is 2.25. The third kappa shape index (κ3) is 3.14. The van der Waals surface area contributed by atoms with Gasteiger partial charge in [-0.2, -0.15) is 0 Å². The molecule has 0 aromatic heterocycles. The van der Waals surface area contributed by atoms with E-state index in [0.29, 0.717) is 23.9 Å². The van der Waals surface area contributed by atoms with Gasteiger partial charge in [0, 0.05) is 32.0 Å². The maximum atomic E-state index is 11.1.